The minimum Gasteiger partial charge on any atom is -0.360 e. The van der Waals surface area contributed by atoms with Crippen molar-refractivity contribution in [2.75, 3.05) is 0 Å². The minimum atomic E-state index is -0.0515. The maximum atomic E-state index is 11.8. The van der Waals surface area contributed by atoms with E-state index >= 15 is 0 Å². The Hall–Kier alpha value is -1.32. The Balaban J connectivity index is 1.83. The summed E-state index contributed by atoms with van der Waals surface area (Å²) in [6.07, 6.45) is 6.35. The fraction of sp³-hybridized carbons (Fsp3) is 0.636. The summed E-state index contributed by atoms with van der Waals surface area (Å²) in [5.74, 6) is 0.867. The van der Waals surface area contributed by atoms with Crippen LogP contribution in [-0.2, 0) is 12.8 Å². The van der Waals surface area contributed by atoms with E-state index in [4.69, 9.17) is 4.52 Å². The first-order chi connectivity index (χ1) is 7.34. The van der Waals surface area contributed by atoms with Gasteiger partial charge in [0.05, 0.1) is 0 Å². The topological polar surface area (TPSA) is 55.1 Å². The monoisotopic (exact) mass is 206 g/mol. The number of hydrogen-bond donors (Lipinski definition) is 1. The van der Waals surface area contributed by atoms with Gasteiger partial charge in [-0.1, -0.05) is 5.16 Å². The van der Waals surface area contributed by atoms with Crippen LogP contribution < -0.4 is 5.32 Å². The van der Waals surface area contributed by atoms with E-state index in [1.165, 1.54) is 0 Å². The molecule has 1 fully saturated rings. The van der Waals surface area contributed by atoms with E-state index in [1.54, 1.807) is 0 Å². The van der Waals surface area contributed by atoms with Crippen LogP contribution >= 0.6 is 0 Å². The lowest BCUT2D eigenvalue weighted by molar-refractivity contribution is 0.0941. The number of amides is 1. The highest BCUT2D eigenvalue weighted by Crippen LogP contribution is 2.25. The lowest BCUT2D eigenvalue weighted by atomic mass is 9.96. The van der Waals surface area contributed by atoms with Crippen LogP contribution in [0.2, 0.25) is 0 Å². The van der Waals surface area contributed by atoms with Crippen LogP contribution in [0.15, 0.2) is 4.52 Å². The molecule has 0 aliphatic heterocycles. The van der Waals surface area contributed by atoms with Crippen molar-refractivity contribution in [3.63, 3.8) is 0 Å². The molecule has 1 saturated carbocycles. The van der Waals surface area contributed by atoms with Crippen molar-refractivity contribution in [2.45, 2.75) is 44.6 Å². The van der Waals surface area contributed by atoms with Gasteiger partial charge in [0.25, 0.3) is 5.91 Å². The number of nitrogens with one attached hydrogen (secondary N) is 1. The summed E-state index contributed by atoms with van der Waals surface area (Å²) in [6.45, 7) is 0. The number of aryl methyl sites for hydroxylation is 1. The zero-order valence-corrected chi connectivity index (χ0v) is 8.58. The number of carbonyl (C=O) groups excluding carboxylic acids is 1. The smallest absolute Gasteiger partial charge is 0.273 e. The van der Waals surface area contributed by atoms with Crippen molar-refractivity contribution < 1.29 is 9.32 Å². The van der Waals surface area contributed by atoms with E-state index in [0.717, 1.165) is 49.8 Å². The second-order valence-electron chi connectivity index (χ2n) is 4.39. The predicted molar refractivity (Wildman–Crippen MR) is 53.6 cm³/mol. The first-order valence-electron chi connectivity index (χ1n) is 5.63. The number of aromatic nitrogens is 1. The van der Waals surface area contributed by atoms with Gasteiger partial charge in [-0.3, -0.25) is 4.79 Å². The quantitative estimate of drug-likeness (QED) is 0.796. The van der Waals surface area contributed by atoms with Crippen molar-refractivity contribution in [3.05, 3.63) is 17.0 Å². The Morgan fingerprint density at radius 3 is 2.93 bits per heavy atom. The zero-order chi connectivity index (χ0) is 10.3. The third kappa shape index (κ3) is 1.64. The van der Waals surface area contributed by atoms with Crippen molar-refractivity contribution in [1.29, 1.82) is 0 Å². The molecular weight excluding hydrogens is 192 g/mol. The molecule has 0 radical (unpaired) electrons. The maximum absolute atomic E-state index is 11.8. The molecule has 1 amide bonds. The molecule has 80 valence electrons. The molecule has 1 aromatic rings. The summed E-state index contributed by atoms with van der Waals surface area (Å²) in [5.41, 5.74) is 1.57. The third-order valence-electron chi connectivity index (χ3n) is 3.08. The van der Waals surface area contributed by atoms with Crippen molar-refractivity contribution >= 4 is 5.91 Å². The van der Waals surface area contributed by atoms with Gasteiger partial charge in [-0.05, 0) is 32.1 Å². The third-order valence-corrected chi connectivity index (χ3v) is 3.08. The highest BCUT2D eigenvalue weighted by atomic mass is 16.5. The molecule has 1 N–H and O–H groups in total. The van der Waals surface area contributed by atoms with Gasteiger partial charge >= 0.3 is 0 Å². The molecule has 2 aliphatic carbocycles. The highest BCUT2D eigenvalue weighted by molar-refractivity contribution is 5.94. The van der Waals surface area contributed by atoms with E-state index in [0.29, 0.717) is 11.7 Å². The van der Waals surface area contributed by atoms with Crippen LogP contribution in [0.3, 0.4) is 0 Å². The summed E-state index contributed by atoms with van der Waals surface area (Å²) in [5, 5.41) is 6.84. The first kappa shape index (κ1) is 8.95. The number of fused-ring (bicyclic) bond motifs is 1. The Kier molecular flexibility index (Phi) is 2.01. The van der Waals surface area contributed by atoms with E-state index < -0.39 is 0 Å². The first-order valence-corrected chi connectivity index (χ1v) is 5.63. The van der Waals surface area contributed by atoms with Gasteiger partial charge in [0, 0.05) is 18.0 Å². The van der Waals surface area contributed by atoms with Gasteiger partial charge in [-0.25, -0.2) is 0 Å². The summed E-state index contributed by atoms with van der Waals surface area (Å²) >= 11 is 0. The van der Waals surface area contributed by atoms with Crippen LogP contribution in [0.4, 0.5) is 0 Å². The Bertz CT molecular complexity index is 393. The number of carbonyl (C=O) groups is 1. The molecular formula is C11H14N2O2. The van der Waals surface area contributed by atoms with Gasteiger partial charge in [-0.2, -0.15) is 0 Å². The molecule has 0 spiro atoms. The summed E-state index contributed by atoms with van der Waals surface area (Å²) in [6, 6.07) is 0.383. The molecule has 0 atom stereocenters. The number of nitrogens with zero attached hydrogens (tertiary/aromatic N) is 1. The second kappa shape index (κ2) is 3.36. The summed E-state index contributed by atoms with van der Waals surface area (Å²) < 4.78 is 5.20. The van der Waals surface area contributed by atoms with Crippen molar-refractivity contribution in [3.8, 4) is 0 Å². The summed E-state index contributed by atoms with van der Waals surface area (Å²) in [4.78, 5) is 11.8. The standard InChI is InChI=1S/C11H14N2O2/c14-11(12-7-5-6-7)10-8-3-1-2-4-9(8)15-13-10/h7H,1-6H2,(H,12,14). The molecule has 0 unspecified atom stereocenters. The fourth-order valence-corrected chi connectivity index (χ4v) is 2.04. The Morgan fingerprint density at radius 1 is 1.33 bits per heavy atom. The zero-order valence-electron chi connectivity index (χ0n) is 8.58. The van der Waals surface area contributed by atoms with E-state index in [-0.39, 0.29) is 5.91 Å². The van der Waals surface area contributed by atoms with Crippen LogP contribution in [-0.4, -0.2) is 17.1 Å². The largest absolute Gasteiger partial charge is 0.360 e. The van der Waals surface area contributed by atoms with Gasteiger partial charge in [-0.15, -0.1) is 0 Å². The molecule has 1 aromatic heterocycles. The molecule has 2 aliphatic rings. The van der Waals surface area contributed by atoms with Gasteiger partial charge in [0.1, 0.15) is 5.76 Å². The molecule has 0 aromatic carbocycles. The Morgan fingerprint density at radius 2 is 2.13 bits per heavy atom. The van der Waals surface area contributed by atoms with Crippen LogP contribution in [0.1, 0.15) is 47.5 Å². The normalized spacial score (nSPS) is 19.7. The van der Waals surface area contributed by atoms with Gasteiger partial charge in [0.2, 0.25) is 0 Å². The average Bonchev–Trinajstić information content (AvgIpc) is 2.96. The molecule has 3 rings (SSSR count). The molecule has 0 bridgehead atoms. The average molecular weight is 206 g/mol. The number of rotatable bonds is 2. The second-order valence-corrected chi connectivity index (χ2v) is 4.39. The van der Waals surface area contributed by atoms with Crippen molar-refractivity contribution in [2.24, 2.45) is 0 Å². The molecule has 0 saturated heterocycles. The fourth-order valence-electron chi connectivity index (χ4n) is 2.04. The van der Waals surface area contributed by atoms with E-state index in [1.807, 2.05) is 0 Å². The van der Waals surface area contributed by atoms with Crippen LogP contribution in [0, 0.1) is 0 Å². The molecule has 15 heavy (non-hydrogen) atoms. The van der Waals surface area contributed by atoms with Gasteiger partial charge < -0.3 is 9.84 Å². The summed E-state index contributed by atoms with van der Waals surface area (Å²) in [7, 11) is 0. The molecule has 4 nitrogen and oxygen atoms in total. The maximum Gasteiger partial charge on any atom is 0.273 e. The Labute approximate surface area is 88.0 Å². The number of hydrogen-bond acceptors (Lipinski definition) is 3. The molecule has 4 heteroatoms. The van der Waals surface area contributed by atoms with Crippen molar-refractivity contribution in [1.82, 2.24) is 10.5 Å². The lowest BCUT2D eigenvalue weighted by Crippen LogP contribution is -2.26. The SMILES string of the molecule is O=C(NC1CC1)c1noc2c1CCCC2. The van der Waals surface area contributed by atoms with E-state index in [9.17, 15) is 4.79 Å². The van der Waals surface area contributed by atoms with E-state index in [2.05, 4.69) is 10.5 Å². The van der Waals surface area contributed by atoms with Crippen LogP contribution in [0.25, 0.3) is 0 Å². The predicted octanol–water partition coefficient (Wildman–Crippen LogP) is 1.45. The van der Waals surface area contributed by atoms with Crippen LogP contribution in [0.5, 0.6) is 0 Å². The lowest BCUT2D eigenvalue weighted by Gasteiger charge is -2.08. The highest BCUT2D eigenvalue weighted by Gasteiger charge is 2.28. The van der Waals surface area contributed by atoms with Gasteiger partial charge in [0.15, 0.2) is 5.69 Å². The minimum absolute atomic E-state index is 0.0515. The molecule has 1 heterocycles.